The van der Waals surface area contributed by atoms with Gasteiger partial charge in [0.2, 0.25) is 0 Å². The maximum absolute atomic E-state index is 6.73. The lowest BCUT2D eigenvalue weighted by Crippen LogP contribution is -2.02. The maximum atomic E-state index is 6.73. The molecule has 180 valence electrons. The predicted molar refractivity (Wildman–Crippen MR) is 144 cm³/mol. The third-order valence-electron chi connectivity index (χ3n) is 6.39. The first-order chi connectivity index (χ1) is 16.3. The van der Waals surface area contributed by atoms with Crippen LogP contribution in [0.4, 0.5) is 0 Å². The Morgan fingerprint density at radius 1 is 0.545 bits per heavy atom. The molecule has 2 nitrogen and oxygen atoms in total. The summed E-state index contributed by atoms with van der Waals surface area (Å²) in [5, 5.41) is 4.94. The van der Waals surface area contributed by atoms with Gasteiger partial charge >= 0.3 is 0 Å². The van der Waals surface area contributed by atoms with E-state index in [1.807, 2.05) is 12.1 Å². The fourth-order valence-electron chi connectivity index (χ4n) is 4.52. The highest BCUT2D eigenvalue weighted by Gasteiger charge is 2.18. The molecule has 0 amide bonds. The van der Waals surface area contributed by atoms with Crippen molar-refractivity contribution in [3.8, 4) is 11.5 Å². The van der Waals surface area contributed by atoms with Crippen LogP contribution >= 0.6 is 11.6 Å². The van der Waals surface area contributed by atoms with E-state index in [-0.39, 0.29) is 0 Å². The van der Waals surface area contributed by atoms with Crippen LogP contribution in [0.5, 0.6) is 11.5 Å². The monoisotopic (exact) mass is 468 g/mol. The molecule has 0 N–H and O–H groups in total. The Bertz CT molecular complexity index is 982. The highest BCUT2D eigenvalue weighted by Crippen LogP contribution is 2.45. The van der Waals surface area contributed by atoms with Crippen LogP contribution in [0.2, 0.25) is 5.02 Å². The molecule has 33 heavy (non-hydrogen) atoms. The highest BCUT2D eigenvalue weighted by atomic mass is 35.5. The summed E-state index contributed by atoms with van der Waals surface area (Å²) in [6.45, 7) is 5.96. The quantitative estimate of drug-likeness (QED) is 0.154. The molecule has 0 atom stereocenters. The first-order valence-corrected chi connectivity index (χ1v) is 13.5. The Kier molecular flexibility index (Phi) is 11.2. The summed E-state index contributed by atoms with van der Waals surface area (Å²) in [5.41, 5.74) is 0. The summed E-state index contributed by atoms with van der Waals surface area (Å²) in [6.07, 6.45) is 15.0. The van der Waals surface area contributed by atoms with Crippen LogP contribution < -0.4 is 9.47 Å². The zero-order valence-corrected chi connectivity index (χ0v) is 21.4. The summed E-state index contributed by atoms with van der Waals surface area (Å²) in [4.78, 5) is 0. The van der Waals surface area contributed by atoms with E-state index < -0.39 is 0 Å². The molecule has 0 aromatic heterocycles. The molecule has 0 radical (unpaired) electrons. The average Bonchev–Trinajstić information content (AvgIpc) is 2.83. The Morgan fingerprint density at radius 2 is 1.03 bits per heavy atom. The van der Waals surface area contributed by atoms with Gasteiger partial charge in [0.05, 0.1) is 18.2 Å². The van der Waals surface area contributed by atoms with Crippen LogP contribution in [-0.2, 0) is 0 Å². The van der Waals surface area contributed by atoms with Crippen LogP contribution in [-0.4, -0.2) is 13.2 Å². The Balaban J connectivity index is 1.78. The molecular formula is C30H41ClO2. The molecule has 0 aliphatic carbocycles. The molecule has 0 spiro atoms. The molecule has 0 aliphatic heterocycles. The van der Waals surface area contributed by atoms with E-state index in [1.54, 1.807) is 0 Å². The van der Waals surface area contributed by atoms with Crippen molar-refractivity contribution in [1.82, 2.24) is 0 Å². The van der Waals surface area contributed by atoms with E-state index in [1.165, 1.54) is 64.2 Å². The summed E-state index contributed by atoms with van der Waals surface area (Å²) < 4.78 is 12.8. The molecule has 0 fully saturated rings. The van der Waals surface area contributed by atoms with Crippen LogP contribution in [0.15, 0.2) is 42.5 Å². The SMILES string of the molecule is CCCCCCCCOc1c2ccccc2c(OCCCCCCCC)c2c(Cl)cccc12. The molecule has 3 aromatic carbocycles. The second-order valence-corrected chi connectivity index (χ2v) is 9.51. The van der Waals surface area contributed by atoms with E-state index >= 15 is 0 Å². The third-order valence-corrected chi connectivity index (χ3v) is 6.71. The molecule has 0 saturated carbocycles. The minimum Gasteiger partial charge on any atom is -0.492 e. The van der Waals surface area contributed by atoms with Gasteiger partial charge in [0, 0.05) is 21.5 Å². The number of unbranched alkanes of at least 4 members (excludes halogenated alkanes) is 10. The molecule has 3 aromatic rings. The minimum absolute atomic E-state index is 0.717. The fourth-order valence-corrected chi connectivity index (χ4v) is 4.78. The summed E-state index contributed by atoms with van der Waals surface area (Å²) in [6, 6.07) is 14.5. The molecule has 3 heteroatoms. The normalized spacial score (nSPS) is 11.4. The Morgan fingerprint density at radius 3 is 1.64 bits per heavy atom. The topological polar surface area (TPSA) is 18.5 Å². The van der Waals surface area contributed by atoms with Crippen molar-refractivity contribution in [3.05, 3.63) is 47.5 Å². The van der Waals surface area contributed by atoms with Gasteiger partial charge in [-0.3, -0.25) is 0 Å². The fraction of sp³-hybridized carbons (Fsp3) is 0.533. The predicted octanol–water partition coefficient (Wildman–Crippen LogP) is 10.1. The van der Waals surface area contributed by atoms with Crippen molar-refractivity contribution in [2.24, 2.45) is 0 Å². The van der Waals surface area contributed by atoms with Gasteiger partial charge in [-0.2, -0.15) is 0 Å². The van der Waals surface area contributed by atoms with Gasteiger partial charge in [-0.1, -0.05) is 126 Å². The van der Waals surface area contributed by atoms with Crippen molar-refractivity contribution in [2.75, 3.05) is 13.2 Å². The minimum atomic E-state index is 0.717. The number of benzene rings is 3. The van der Waals surface area contributed by atoms with Gasteiger partial charge in [0.15, 0.2) is 0 Å². The van der Waals surface area contributed by atoms with E-state index in [9.17, 15) is 0 Å². The number of hydrogen-bond acceptors (Lipinski definition) is 2. The van der Waals surface area contributed by atoms with Gasteiger partial charge < -0.3 is 9.47 Å². The Hall–Kier alpha value is -1.93. The average molecular weight is 469 g/mol. The molecule has 0 unspecified atom stereocenters. The number of ether oxygens (including phenoxy) is 2. The first-order valence-electron chi connectivity index (χ1n) is 13.2. The van der Waals surface area contributed by atoms with Gasteiger partial charge in [0.1, 0.15) is 11.5 Å². The van der Waals surface area contributed by atoms with Gasteiger partial charge in [-0.25, -0.2) is 0 Å². The zero-order chi connectivity index (χ0) is 23.3. The van der Waals surface area contributed by atoms with E-state index in [0.29, 0.717) is 6.61 Å². The second kappa shape index (κ2) is 14.4. The van der Waals surface area contributed by atoms with Crippen molar-refractivity contribution < 1.29 is 9.47 Å². The van der Waals surface area contributed by atoms with Gasteiger partial charge in [0.25, 0.3) is 0 Å². The van der Waals surface area contributed by atoms with Crippen LogP contribution in [0, 0.1) is 0 Å². The Labute approximate surface area is 205 Å². The second-order valence-electron chi connectivity index (χ2n) is 9.10. The van der Waals surface area contributed by atoms with E-state index in [4.69, 9.17) is 21.1 Å². The van der Waals surface area contributed by atoms with Crippen molar-refractivity contribution in [1.29, 1.82) is 0 Å². The number of hydrogen-bond donors (Lipinski definition) is 0. The first kappa shape index (κ1) is 25.7. The van der Waals surface area contributed by atoms with E-state index in [2.05, 4.69) is 44.2 Å². The lowest BCUT2D eigenvalue weighted by atomic mass is 10.0. The van der Waals surface area contributed by atoms with Crippen LogP contribution in [0.3, 0.4) is 0 Å². The van der Waals surface area contributed by atoms with Crippen molar-refractivity contribution in [3.63, 3.8) is 0 Å². The summed E-state index contributed by atoms with van der Waals surface area (Å²) in [7, 11) is 0. The molecule has 0 saturated heterocycles. The standard InChI is InChI=1S/C30H41ClO2/c1-3-5-7-9-11-15-22-32-29-24-18-13-14-19-25(24)30(28-26(29)20-17-21-27(28)31)33-23-16-12-10-8-6-4-2/h13-14,17-21H,3-12,15-16,22-23H2,1-2H3. The molecule has 0 heterocycles. The lowest BCUT2D eigenvalue weighted by Gasteiger charge is -2.18. The smallest absolute Gasteiger partial charge is 0.136 e. The number of halogens is 1. The third kappa shape index (κ3) is 7.27. The van der Waals surface area contributed by atoms with E-state index in [0.717, 1.165) is 57.5 Å². The highest BCUT2D eigenvalue weighted by molar-refractivity contribution is 6.37. The van der Waals surface area contributed by atoms with Crippen LogP contribution in [0.25, 0.3) is 21.5 Å². The van der Waals surface area contributed by atoms with Crippen molar-refractivity contribution >= 4 is 33.1 Å². The summed E-state index contributed by atoms with van der Waals surface area (Å²) >= 11 is 6.73. The molecule has 3 rings (SSSR count). The molecular weight excluding hydrogens is 428 g/mol. The zero-order valence-electron chi connectivity index (χ0n) is 20.6. The summed E-state index contributed by atoms with van der Waals surface area (Å²) in [5.74, 6) is 1.83. The molecule has 0 aliphatic rings. The lowest BCUT2D eigenvalue weighted by molar-refractivity contribution is 0.306. The van der Waals surface area contributed by atoms with Gasteiger partial charge in [-0.15, -0.1) is 0 Å². The molecule has 0 bridgehead atoms. The number of fused-ring (bicyclic) bond motifs is 2. The van der Waals surface area contributed by atoms with Crippen molar-refractivity contribution in [2.45, 2.75) is 90.9 Å². The maximum Gasteiger partial charge on any atom is 0.136 e. The van der Waals surface area contributed by atoms with Gasteiger partial charge in [-0.05, 0) is 18.9 Å². The number of rotatable bonds is 16. The largest absolute Gasteiger partial charge is 0.492 e. The van der Waals surface area contributed by atoms with Crippen LogP contribution in [0.1, 0.15) is 90.9 Å².